The Hall–Kier alpha value is -1.52. The summed E-state index contributed by atoms with van der Waals surface area (Å²) in [5.41, 5.74) is -0.559. The lowest BCUT2D eigenvalue weighted by Crippen LogP contribution is -2.62. The highest BCUT2D eigenvalue weighted by Gasteiger charge is 2.71. The normalized spacial score (nSPS) is 51.2. The monoisotopic (exact) mass is 576 g/mol. The van der Waals surface area contributed by atoms with E-state index in [1.54, 1.807) is 13.2 Å². The zero-order valence-electron chi connectivity index (χ0n) is 25.2. The number of carbonyl (C=O) groups excluding carboxylic acids is 2. The number of hydrogen-bond donors (Lipinski definition) is 2. The van der Waals surface area contributed by atoms with E-state index in [2.05, 4.69) is 13.8 Å². The fraction of sp³-hybridized carbons (Fsp3) is 0.875. The molecule has 230 valence electrons. The maximum Gasteiger partial charge on any atom is 0.331 e. The van der Waals surface area contributed by atoms with Crippen LogP contribution < -0.4 is 0 Å². The third-order valence-electron chi connectivity index (χ3n) is 12.5. The van der Waals surface area contributed by atoms with Gasteiger partial charge in [0.2, 0.25) is 0 Å². The predicted molar refractivity (Wildman–Crippen MR) is 147 cm³/mol. The van der Waals surface area contributed by atoms with Gasteiger partial charge in [0, 0.05) is 44.3 Å². The summed E-state index contributed by atoms with van der Waals surface area (Å²) in [6.45, 7) is 8.06. The van der Waals surface area contributed by atoms with Crippen LogP contribution in [-0.4, -0.2) is 78.3 Å². The Balaban J connectivity index is 1.19. The minimum atomic E-state index is -0.990. The largest absolute Gasteiger partial charge is 0.462 e. The van der Waals surface area contributed by atoms with Crippen LogP contribution in [0.3, 0.4) is 0 Å². The maximum atomic E-state index is 12.7. The van der Waals surface area contributed by atoms with Crippen molar-refractivity contribution in [2.45, 2.75) is 128 Å². The molecule has 0 radical (unpaired) electrons. The van der Waals surface area contributed by atoms with Gasteiger partial charge in [0.1, 0.15) is 18.8 Å². The van der Waals surface area contributed by atoms with Crippen molar-refractivity contribution in [1.29, 1.82) is 0 Å². The molecule has 5 fully saturated rings. The topological polar surface area (TPSA) is 121 Å². The predicted octanol–water partition coefficient (Wildman–Crippen LogP) is 3.68. The summed E-state index contributed by atoms with van der Waals surface area (Å²) in [6, 6.07) is 0. The Bertz CT molecular complexity index is 1080. The lowest BCUT2D eigenvalue weighted by Gasteiger charge is -2.63. The summed E-state index contributed by atoms with van der Waals surface area (Å²) >= 11 is 0. The first-order valence-electron chi connectivity index (χ1n) is 15.7. The Morgan fingerprint density at radius 3 is 2.54 bits per heavy atom. The van der Waals surface area contributed by atoms with Gasteiger partial charge < -0.3 is 33.9 Å². The average Bonchev–Trinajstić information content (AvgIpc) is 3.42. The molecule has 4 saturated carbocycles. The van der Waals surface area contributed by atoms with Crippen molar-refractivity contribution in [3.8, 4) is 0 Å². The first-order valence-corrected chi connectivity index (χ1v) is 15.7. The summed E-state index contributed by atoms with van der Waals surface area (Å²) in [4.78, 5) is 24.2. The molecule has 13 atom stereocenters. The molecule has 2 N–H and O–H groups in total. The van der Waals surface area contributed by atoms with Crippen molar-refractivity contribution in [2.24, 2.45) is 34.5 Å². The standard InChI is InChI=1S/C32H48O9/c1-17-29(35)24(37-5)14-27(39-17)41-21-8-10-30(3)20(13-21)6-7-23-22(30)9-11-31(4)28(19-12-26(34)38-16-19)25(40-18(2)33)15-32(23,31)36/h12,17,20-25,27-29,35-36H,6-11,13-16H2,1-5H3/t17?,20-,21+,22?,23?,24-,25+,27+,28+,29-,30+,31-,32+/m1/s1. The highest BCUT2D eigenvalue weighted by atomic mass is 16.7. The third kappa shape index (κ3) is 4.69. The number of hydrogen-bond acceptors (Lipinski definition) is 9. The Morgan fingerprint density at radius 1 is 1.07 bits per heavy atom. The van der Waals surface area contributed by atoms with Crippen LogP contribution in [0.15, 0.2) is 11.6 Å². The molecule has 0 aromatic rings. The van der Waals surface area contributed by atoms with E-state index in [1.807, 2.05) is 6.92 Å². The SMILES string of the molecule is CO[C@@H]1C[C@H](O[C@H]2CC[C@]3(C)C4CC[C@]5(C)[C@@H](C6=CC(=O)OC6)[C@@H](OC(C)=O)C[C@]5(O)C4CC[C@@H]3C2)OC(C)[C@H]1O. The first-order chi connectivity index (χ1) is 19.4. The van der Waals surface area contributed by atoms with Crippen LogP contribution in [0.4, 0.5) is 0 Å². The highest BCUT2D eigenvalue weighted by molar-refractivity contribution is 5.85. The maximum absolute atomic E-state index is 12.7. The number of methoxy groups -OCH3 is 1. The van der Waals surface area contributed by atoms with Crippen LogP contribution >= 0.6 is 0 Å². The molecule has 0 spiro atoms. The Morgan fingerprint density at radius 2 is 1.85 bits per heavy atom. The zero-order valence-corrected chi connectivity index (χ0v) is 25.2. The quantitative estimate of drug-likeness (QED) is 0.373. The van der Waals surface area contributed by atoms with Crippen molar-refractivity contribution in [1.82, 2.24) is 0 Å². The number of cyclic esters (lactones) is 1. The molecule has 6 aliphatic rings. The van der Waals surface area contributed by atoms with E-state index in [-0.39, 0.29) is 60.4 Å². The van der Waals surface area contributed by atoms with E-state index < -0.39 is 23.2 Å². The third-order valence-corrected chi connectivity index (χ3v) is 12.5. The van der Waals surface area contributed by atoms with E-state index in [9.17, 15) is 19.8 Å². The number of carbonyl (C=O) groups is 2. The Kier molecular flexibility index (Phi) is 7.62. The van der Waals surface area contributed by atoms with E-state index in [1.165, 1.54) is 6.92 Å². The molecular weight excluding hydrogens is 528 g/mol. The van der Waals surface area contributed by atoms with Crippen LogP contribution in [0.5, 0.6) is 0 Å². The van der Waals surface area contributed by atoms with Gasteiger partial charge >= 0.3 is 11.9 Å². The zero-order chi connectivity index (χ0) is 29.3. The van der Waals surface area contributed by atoms with E-state index in [0.29, 0.717) is 24.7 Å². The molecule has 3 unspecified atom stereocenters. The fourth-order valence-corrected chi connectivity index (χ4v) is 10.4. The Labute approximate surface area is 243 Å². The molecule has 4 aliphatic carbocycles. The number of aliphatic hydroxyl groups excluding tert-OH is 1. The van der Waals surface area contributed by atoms with E-state index >= 15 is 0 Å². The molecule has 2 aliphatic heterocycles. The minimum Gasteiger partial charge on any atom is -0.462 e. The second-order valence-corrected chi connectivity index (χ2v) is 14.3. The van der Waals surface area contributed by atoms with Crippen molar-refractivity contribution in [2.75, 3.05) is 13.7 Å². The molecule has 9 heteroatoms. The molecule has 1 saturated heterocycles. The summed E-state index contributed by atoms with van der Waals surface area (Å²) in [5.74, 6) is 0.0175. The molecule has 2 heterocycles. The number of aliphatic hydroxyl groups is 2. The smallest absolute Gasteiger partial charge is 0.331 e. The fourth-order valence-electron chi connectivity index (χ4n) is 10.4. The summed E-state index contributed by atoms with van der Waals surface area (Å²) in [7, 11) is 1.62. The van der Waals surface area contributed by atoms with Crippen molar-refractivity contribution in [3.05, 3.63) is 11.6 Å². The summed E-state index contributed by atoms with van der Waals surface area (Å²) in [5, 5.41) is 23.0. The van der Waals surface area contributed by atoms with E-state index in [4.69, 9.17) is 23.7 Å². The van der Waals surface area contributed by atoms with Gasteiger partial charge in [0.25, 0.3) is 0 Å². The first kappa shape index (κ1) is 29.5. The van der Waals surface area contributed by atoms with Gasteiger partial charge in [0.05, 0.1) is 23.9 Å². The van der Waals surface area contributed by atoms with E-state index in [0.717, 1.165) is 50.5 Å². The van der Waals surface area contributed by atoms with Gasteiger partial charge in [-0.2, -0.15) is 0 Å². The summed E-state index contributed by atoms with van der Waals surface area (Å²) in [6.07, 6.45) is 7.14. The van der Waals surface area contributed by atoms with Crippen LogP contribution in [0.1, 0.15) is 85.5 Å². The van der Waals surface area contributed by atoms with Crippen molar-refractivity contribution >= 4 is 11.9 Å². The van der Waals surface area contributed by atoms with Gasteiger partial charge in [-0.1, -0.05) is 13.8 Å². The molecule has 41 heavy (non-hydrogen) atoms. The van der Waals surface area contributed by atoms with Crippen LogP contribution in [0.2, 0.25) is 0 Å². The van der Waals surface area contributed by atoms with Crippen molar-refractivity contribution < 1.29 is 43.5 Å². The molecule has 0 amide bonds. The molecule has 6 rings (SSSR count). The molecule has 0 aromatic heterocycles. The van der Waals surface area contributed by atoms with Gasteiger partial charge in [-0.15, -0.1) is 0 Å². The van der Waals surface area contributed by atoms with Gasteiger partial charge in [-0.3, -0.25) is 4.79 Å². The number of ether oxygens (including phenoxy) is 5. The lowest BCUT2D eigenvalue weighted by molar-refractivity contribution is -0.273. The molecule has 0 aromatic carbocycles. The van der Waals surface area contributed by atoms with Crippen LogP contribution in [0.25, 0.3) is 0 Å². The summed E-state index contributed by atoms with van der Waals surface area (Å²) < 4.78 is 29.1. The van der Waals surface area contributed by atoms with Gasteiger partial charge in [-0.05, 0) is 80.6 Å². The minimum absolute atomic E-state index is 0.0898. The highest BCUT2D eigenvalue weighted by Crippen LogP contribution is 2.70. The van der Waals surface area contributed by atoms with Crippen LogP contribution in [-0.2, 0) is 33.3 Å². The average molecular weight is 577 g/mol. The van der Waals surface area contributed by atoms with Crippen molar-refractivity contribution in [3.63, 3.8) is 0 Å². The van der Waals surface area contributed by atoms with Gasteiger partial charge in [-0.25, -0.2) is 4.79 Å². The number of rotatable bonds is 5. The molecular formula is C32H48O9. The second-order valence-electron chi connectivity index (χ2n) is 14.3. The molecule has 9 nitrogen and oxygen atoms in total. The number of fused-ring (bicyclic) bond motifs is 5. The van der Waals surface area contributed by atoms with Gasteiger partial charge in [0.15, 0.2) is 6.29 Å². The number of esters is 2. The second kappa shape index (κ2) is 10.6. The lowest BCUT2D eigenvalue weighted by atomic mass is 9.43. The molecule has 0 bridgehead atoms. The van der Waals surface area contributed by atoms with Crippen LogP contribution in [0, 0.1) is 34.5 Å².